The molecule has 2 amide bonds. The molecule has 90 valence electrons. The number of phenolic OH excluding ortho intramolecular Hbond substituents is 1. The minimum atomic E-state index is -0.427. The third kappa shape index (κ3) is 1.20. The maximum atomic E-state index is 12.2. The molecule has 1 aliphatic rings. The molecule has 2 aromatic rings. The van der Waals surface area contributed by atoms with Crippen LogP contribution in [-0.4, -0.2) is 28.4 Å². The average Bonchev–Trinajstić information content (AvgIpc) is 2.37. The Bertz CT molecular complexity index is 691. The topological polar surface area (TPSA) is 57.6 Å². The van der Waals surface area contributed by atoms with Crippen molar-refractivity contribution in [1.82, 2.24) is 4.90 Å². The van der Waals surface area contributed by atoms with Gasteiger partial charge >= 0.3 is 0 Å². The van der Waals surface area contributed by atoms with E-state index in [0.717, 1.165) is 10.3 Å². The average molecular weight is 241 g/mol. The Hall–Kier alpha value is -2.36. The number of carbonyl (C=O) groups is 2. The van der Waals surface area contributed by atoms with Crippen molar-refractivity contribution in [2.45, 2.75) is 6.92 Å². The van der Waals surface area contributed by atoms with Gasteiger partial charge in [-0.1, -0.05) is 18.2 Å². The van der Waals surface area contributed by atoms with E-state index in [9.17, 15) is 14.7 Å². The Balaban J connectivity index is 2.48. The SMILES string of the molecule is CCN1C(=O)c2cccc3ccc(O)c(c23)C1=O. The number of phenols is 1. The Kier molecular flexibility index (Phi) is 2.13. The lowest BCUT2D eigenvalue weighted by Gasteiger charge is -2.26. The predicted octanol–water partition coefficient (Wildman–Crippen LogP) is 2.16. The Morgan fingerprint density at radius 1 is 1.11 bits per heavy atom. The van der Waals surface area contributed by atoms with Crippen molar-refractivity contribution >= 4 is 22.6 Å². The molecule has 0 radical (unpaired) electrons. The van der Waals surface area contributed by atoms with Crippen LogP contribution in [0.5, 0.6) is 5.75 Å². The fraction of sp³-hybridized carbons (Fsp3) is 0.143. The van der Waals surface area contributed by atoms with Crippen LogP contribution in [0.4, 0.5) is 0 Å². The van der Waals surface area contributed by atoms with Gasteiger partial charge in [-0.25, -0.2) is 0 Å². The Morgan fingerprint density at radius 3 is 2.61 bits per heavy atom. The van der Waals surface area contributed by atoms with Crippen molar-refractivity contribution in [3.8, 4) is 5.75 Å². The summed E-state index contributed by atoms with van der Waals surface area (Å²) in [6.45, 7) is 2.03. The summed E-state index contributed by atoms with van der Waals surface area (Å²) < 4.78 is 0. The minimum Gasteiger partial charge on any atom is -0.507 e. The highest BCUT2D eigenvalue weighted by molar-refractivity contribution is 6.26. The number of hydrogen-bond donors (Lipinski definition) is 1. The molecule has 0 aliphatic carbocycles. The van der Waals surface area contributed by atoms with E-state index >= 15 is 0 Å². The maximum Gasteiger partial charge on any atom is 0.265 e. The summed E-state index contributed by atoms with van der Waals surface area (Å²) in [6, 6.07) is 8.48. The number of nitrogens with zero attached hydrogens (tertiary/aromatic N) is 1. The van der Waals surface area contributed by atoms with Crippen LogP contribution in [0, 0.1) is 0 Å². The van der Waals surface area contributed by atoms with E-state index < -0.39 is 5.91 Å². The molecule has 0 saturated carbocycles. The van der Waals surface area contributed by atoms with Gasteiger partial charge in [0.15, 0.2) is 0 Å². The lowest BCUT2D eigenvalue weighted by atomic mass is 9.93. The molecule has 0 bridgehead atoms. The third-order valence-corrected chi connectivity index (χ3v) is 3.27. The summed E-state index contributed by atoms with van der Waals surface area (Å²) in [5.41, 5.74) is 0.699. The van der Waals surface area contributed by atoms with Crippen LogP contribution in [0.3, 0.4) is 0 Å². The van der Waals surface area contributed by atoms with Crippen molar-refractivity contribution in [1.29, 1.82) is 0 Å². The first kappa shape index (κ1) is 10.8. The van der Waals surface area contributed by atoms with Gasteiger partial charge in [0.2, 0.25) is 0 Å². The second-order valence-electron chi connectivity index (χ2n) is 4.22. The summed E-state index contributed by atoms with van der Waals surface area (Å²) in [6.07, 6.45) is 0. The molecule has 2 aromatic carbocycles. The van der Waals surface area contributed by atoms with Crippen molar-refractivity contribution in [2.75, 3.05) is 6.54 Å². The molecule has 4 nitrogen and oxygen atoms in total. The summed E-state index contributed by atoms with van der Waals surface area (Å²) >= 11 is 0. The molecular weight excluding hydrogens is 230 g/mol. The number of aromatic hydroxyl groups is 1. The van der Waals surface area contributed by atoms with E-state index in [2.05, 4.69) is 0 Å². The van der Waals surface area contributed by atoms with Crippen molar-refractivity contribution in [3.63, 3.8) is 0 Å². The molecule has 0 unspecified atom stereocenters. The molecule has 0 saturated heterocycles. The molecule has 18 heavy (non-hydrogen) atoms. The van der Waals surface area contributed by atoms with E-state index in [1.54, 1.807) is 25.1 Å². The molecule has 0 fully saturated rings. The van der Waals surface area contributed by atoms with E-state index in [-0.39, 0.29) is 17.2 Å². The monoisotopic (exact) mass is 241 g/mol. The number of imide groups is 1. The fourth-order valence-electron chi connectivity index (χ4n) is 2.42. The minimum absolute atomic E-state index is 0.0779. The first-order valence-corrected chi connectivity index (χ1v) is 5.76. The van der Waals surface area contributed by atoms with Gasteiger partial charge in [-0.15, -0.1) is 0 Å². The van der Waals surface area contributed by atoms with Gasteiger partial charge in [0, 0.05) is 17.5 Å². The van der Waals surface area contributed by atoms with Gasteiger partial charge in [-0.2, -0.15) is 0 Å². The smallest absolute Gasteiger partial charge is 0.265 e. The highest BCUT2D eigenvalue weighted by atomic mass is 16.3. The largest absolute Gasteiger partial charge is 0.507 e. The molecule has 0 spiro atoms. The van der Waals surface area contributed by atoms with Gasteiger partial charge in [0.05, 0.1) is 5.56 Å². The molecule has 0 atom stereocenters. The van der Waals surface area contributed by atoms with E-state index in [0.29, 0.717) is 17.5 Å². The van der Waals surface area contributed by atoms with Crippen LogP contribution >= 0.6 is 0 Å². The van der Waals surface area contributed by atoms with Gasteiger partial charge in [-0.3, -0.25) is 14.5 Å². The van der Waals surface area contributed by atoms with Crippen LogP contribution in [0.15, 0.2) is 30.3 Å². The van der Waals surface area contributed by atoms with Gasteiger partial charge in [0.25, 0.3) is 11.8 Å². The standard InChI is InChI=1S/C14H11NO3/c1-2-15-13(17)9-5-3-4-8-6-7-10(16)12(11(8)9)14(15)18/h3-7,16H,2H2,1H3. The van der Waals surface area contributed by atoms with Crippen molar-refractivity contribution in [2.24, 2.45) is 0 Å². The molecule has 1 heterocycles. The molecule has 1 N–H and O–H groups in total. The van der Waals surface area contributed by atoms with Crippen molar-refractivity contribution in [3.05, 3.63) is 41.5 Å². The first-order valence-electron chi connectivity index (χ1n) is 5.76. The zero-order valence-corrected chi connectivity index (χ0v) is 9.80. The summed E-state index contributed by atoms with van der Waals surface area (Å²) in [7, 11) is 0. The lowest BCUT2D eigenvalue weighted by Crippen LogP contribution is -2.40. The van der Waals surface area contributed by atoms with Gasteiger partial charge < -0.3 is 5.11 Å². The predicted molar refractivity (Wildman–Crippen MR) is 66.7 cm³/mol. The number of carbonyl (C=O) groups excluding carboxylic acids is 2. The molecule has 0 aromatic heterocycles. The van der Waals surface area contributed by atoms with E-state index in [4.69, 9.17) is 0 Å². The summed E-state index contributed by atoms with van der Waals surface area (Å²) in [4.78, 5) is 25.5. The normalized spacial score (nSPS) is 14.4. The number of benzene rings is 2. The van der Waals surface area contributed by atoms with Crippen LogP contribution in [0.1, 0.15) is 27.6 Å². The van der Waals surface area contributed by atoms with E-state index in [1.807, 2.05) is 6.07 Å². The number of amides is 2. The van der Waals surface area contributed by atoms with E-state index in [1.165, 1.54) is 6.07 Å². The molecular formula is C14H11NO3. The zero-order chi connectivity index (χ0) is 12.9. The lowest BCUT2D eigenvalue weighted by molar-refractivity contribution is 0.0618. The second-order valence-corrected chi connectivity index (χ2v) is 4.22. The maximum absolute atomic E-state index is 12.2. The van der Waals surface area contributed by atoms with Crippen LogP contribution in [0.25, 0.3) is 10.8 Å². The Labute approximate surface area is 103 Å². The number of rotatable bonds is 1. The first-order chi connectivity index (χ1) is 8.65. The number of hydrogen-bond acceptors (Lipinski definition) is 3. The summed E-state index contributed by atoms with van der Waals surface area (Å²) in [5, 5.41) is 11.2. The van der Waals surface area contributed by atoms with Gasteiger partial charge in [0.1, 0.15) is 5.75 Å². The second kappa shape index (κ2) is 3.57. The molecule has 1 aliphatic heterocycles. The summed E-state index contributed by atoms with van der Waals surface area (Å²) in [5.74, 6) is -0.804. The van der Waals surface area contributed by atoms with Gasteiger partial charge in [-0.05, 0) is 24.4 Å². The zero-order valence-electron chi connectivity index (χ0n) is 9.80. The quantitative estimate of drug-likeness (QED) is 0.778. The fourth-order valence-corrected chi connectivity index (χ4v) is 2.42. The van der Waals surface area contributed by atoms with Crippen LogP contribution in [-0.2, 0) is 0 Å². The van der Waals surface area contributed by atoms with Crippen LogP contribution in [0.2, 0.25) is 0 Å². The molecule has 3 rings (SSSR count). The highest BCUT2D eigenvalue weighted by Gasteiger charge is 2.33. The third-order valence-electron chi connectivity index (χ3n) is 3.27. The highest BCUT2D eigenvalue weighted by Crippen LogP contribution is 2.34. The molecule has 4 heteroatoms. The van der Waals surface area contributed by atoms with Crippen LogP contribution < -0.4 is 0 Å². The van der Waals surface area contributed by atoms with Crippen molar-refractivity contribution < 1.29 is 14.7 Å². The Morgan fingerprint density at radius 2 is 1.89 bits per heavy atom.